The number of alkyl halides is 3. The first kappa shape index (κ1) is 20.0. The average Bonchev–Trinajstić information content (AvgIpc) is 2.60. The largest absolute Gasteiger partial charge is 0.416 e. The van der Waals surface area contributed by atoms with Crippen molar-refractivity contribution in [2.75, 3.05) is 25.0 Å². The summed E-state index contributed by atoms with van der Waals surface area (Å²) in [5, 5.41) is 4.14. The van der Waals surface area contributed by atoms with Crippen LogP contribution < -0.4 is 5.32 Å². The molecule has 2 nitrogen and oxygen atoms in total. The van der Waals surface area contributed by atoms with Crippen LogP contribution in [0.25, 0.3) is 0 Å². The Morgan fingerprint density at radius 2 is 1.89 bits per heavy atom. The molecule has 146 valence electrons. The van der Waals surface area contributed by atoms with Gasteiger partial charge in [-0.25, -0.2) is 0 Å². The van der Waals surface area contributed by atoms with Gasteiger partial charge in [-0.15, -0.1) is 0 Å². The highest BCUT2D eigenvalue weighted by Gasteiger charge is 2.31. The van der Waals surface area contributed by atoms with Gasteiger partial charge >= 0.3 is 6.18 Å². The predicted octanol–water partition coefficient (Wildman–Crippen LogP) is 5.99. The summed E-state index contributed by atoms with van der Waals surface area (Å²) in [6.07, 6.45) is -2.11. The zero-order chi connectivity index (χ0) is 19.4. The van der Waals surface area contributed by atoms with Crippen molar-refractivity contribution < 1.29 is 13.2 Å². The van der Waals surface area contributed by atoms with E-state index in [1.165, 1.54) is 12.1 Å². The Labute approximate surface area is 163 Å². The van der Waals surface area contributed by atoms with E-state index >= 15 is 0 Å². The van der Waals surface area contributed by atoms with Crippen LogP contribution in [0.1, 0.15) is 29.5 Å². The molecule has 0 bridgehead atoms. The molecule has 0 saturated carbocycles. The molecule has 1 aliphatic heterocycles. The van der Waals surface area contributed by atoms with Crippen molar-refractivity contribution in [2.45, 2.75) is 32.5 Å². The molecule has 3 rings (SSSR count). The molecule has 0 aliphatic carbocycles. The number of aryl methyl sites for hydroxylation is 1. The van der Waals surface area contributed by atoms with E-state index < -0.39 is 11.7 Å². The van der Waals surface area contributed by atoms with Gasteiger partial charge in [-0.3, -0.25) is 4.90 Å². The quantitative estimate of drug-likeness (QED) is 0.667. The fourth-order valence-corrected chi connectivity index (χ4v) is 3.79. The summed E-state index contributed by atoms with van der Waals surface area (Å²) in [5.74, 6) is 0.473. The van der Waals surface area contributed by atoms with Gasteiger partial charge in [-0.05, 0) is 74.2 Å². The van der Waals surface area contributed by atoms with E-state index in [1.54, 1.807) is 6.92 Å². The number of benzene rings is 2. The number of hydrogen-bond acceptors (Lipinski definition) is 2. The summed E-state index contributed by atoms with van der Waals surface area (Å²) in [6, 6.07) is 12.0. The van der Waals surface area contributed by atoms with Gasteiger partial charge in [0, 0.05) is 30.3 Å². The second-order valence-electron chi connectivity index (χ2n) is 7.34. The minimum absolute atomic E-state index is 0.473. The van der Waals surface area contributed by atoms with E-state index in [1.807, 2.05) is 30.3 Å². The normalized spacial score (nSPS) is 18.5. The van der Waals surface area contributed by atoms with E-state index in [0.29, 0.717) is 23.0 Å². The first-order chi connectivity index (χ1) is 12.8. The van der Waals surface area contributed by atoms with E-state index in [-0.39, 0.29) is 0 Å². The summed E-state index contributed by atoms with van der Waals surface area (Å²) in [4.78, 5) is 2.26. The molecule has 0 amide bonds. The van der Waals surface area contributed by atoms with Gasteiger partial charge in [0.15, 0.2) is 0 Å². The molecule has 1 unspecified atom stereocenters. The maximum Gasteiger partial charge on any atom is 0.416 e. The molecule has 0 spiro atoms. The SMILES string of the molecule is Cc1cc(CN2CCCC(CNc3ccc(Cl)cc3)C2)cc(C(F)(F)F)c1. The van der Waals surface area contributed by atoms with Crippen molar-refractivity contribution in [3.63, 3.8) is 0 Å². The molecule has 1 N–H and O–H groups in total. The predicted molar refractivity (Wildman–Crippen MR) is 104 cm³/mol. The molecular weight excluding hydrogens is 373 g/mol. The van der Waals surface area contributed by atoms with Gasteiger partial charge in [-0.2, -0.15) is 13.2 Å². The third kappa shape index (κ3) is 5.88. The molecule has 6 heteroatoms. The molecule has 0 radical (unpaired) electrons. The van der Waals surface area contributed by atoms with Crippen LogP contribution in [0, 0.1) is 12.8 Å². The van der Waals surface area contributed by atoms with E-state index in [0.717, 1.165) is 43.7 Å². The van der Waals surface area contributed by atoms with Crippen molar-refractivity contribution in [3.05, 3.63) is 64.2 Å². The van der Waals surface area contributed by atoms with Crippen LogP contribution in [0.4, 0.5) is 18.9 Å². The molecule has 1 atom stereocenters. The highest BCUT2D eigenvalue weighted by molar-refractivity contribution is 6.30. The smallest absolute Gasteiger partial charge is 0.385 e. The average molecular weight is 397 g/mol. The molecule has 27 heavy (non-hydrogen) atoms. The third-order valence-corrected chi connectivity index (χ3v) is 5.16. The molecule has 0 aromatic heterocycles. The molecule has 1 saturated heterocycles. The Balaban J connectivity index is 1.58. The van der Waals surface area contributed by atoms with Gasteiger partial charge in [0.25, 0.3) is 0 Å². The number of anilines is 1. The van der Waals surface area contributed by atoms with Crippen molar-refractivity contribution in [3.8, 4) is 0 Å². The van der Waals surface area contributed by atoms with Gasteiger partial charge in [0.05, 0.1) is 5.56 Å². The van der Waals surface area contributed by atoms with Gasteiger partial charge in [-0.1, -0.05) is 23.2 Å². The second-order valence-corrected chi connectivity index (χ2v) is 7.77. The van der Waals surface area contributed by atoms with Gasteiger partial charge in [0.1, 0.15) is 0 Å². The summed E-state index contributed by atoms with van der Waals surface area (Å²) in [7, 11) is 0. The van der Waals surface area contributed by atoms with Crippen LogP contribution in [0.15, 0.2) is 42.5 Å². The number of nitrogens with one attached hydrogen (secondary N) is 1. The number of rotatable bonds is 5. The summed E-state index contributed by atoms with van der Waals surface area (Å²) in [5.41, 5.74) is 1.85. The summed E-state index contributed by atoms with van der Waals surface area (Å²) < 4.78 is 39.1. The number of hydrogen-bond donors (Lipinski definition) is 1. The van der Waals surface area contributed by atoms with Gasteiger partial charge in [0.2, 0.25) is 0 Å². The lowest BCUT2D eigenvalue weighted by atomic mass is 9.97. The van der Waals surface area contributed by atoms with Crippen LogP contribution >= 0.6 is 11.6 Å². The van der Waals surface area contributed by atoms with Crippen LogP contribution in [0.3, 0.4) is 0 Å². The highest BCUT2D eigenvalue weighted by atomic mass is 35.5. The van der Waals surface area contributed by atoms with E-state index in [2.05, 4.69) is 10.2 Å². The lowest BCUT2D eigenvalue weighted by molar-refractivity contribution is -0.137. The lowest BCUT2D eigenvalue weighted by Gasteiger charge is -2.33. The number of piperidine rings is 1. The topological polar surface area (TPSA) is 15.3 Å². The molecule has 2 aromatic carbocycles. The minimum Gasteiger partial charge on any atom is -0.385 e. The fourth-order valence-electron chi connectivity index (χ4n) is 3.67. The van der Waals surface area contributed by atoms with Crippen LogP contribution in [0.5, 0.6) is 0 Å². The maximum atomic E-state index is 13.0. The monoisotopic (exact) mass is 396 g/mol. The number of halogens is 4. The van der Waals surface area contributed by atoms with Crippen molar-refractivity contribution >= 4 is 17.3 Å². The van der Waals surface area contributed by atoms with E-state index in [4.69, 9.17) is 11.6 Å². The summed E-state index contributed by atoms with van der Waals surface area (Å²) >= 11 is 5.90. The number of nitrogens with zero attached hydrogens (tertiary/aromatic N) is 1. The molecule has 1 fully saturated rings. The van der Waals surface area contributed by atoms with Crippen molar-refractivity contribution in [1.29, 1.82) is 0 Å². The van der Waals surface area contributed by atoms with Gasteiger partial charge < -0.3 is 5.32 Å². The van der Waals surface area contributed by atoms with Crippen molar-refractivity contribution in [1.82, 2.24) is 4.90 Å². The molecule has 1 aliphatic rings. The fraction of sp³-hybridized carbons (Fsp3) is 0.429. The standard InChI is InChI=1S/C21H24ClF3N2/c1-15-9-17(11-18(10-15)21(23,24)25)14-27-8-2-3-16(13-27)12-26-20-6-4-19(22)5-7-20/h4-7,9-11,16,26H,2-3,8,12-14H2,1H3. The minimum atomic E-state index is -4.30. The first-order valence-electron chi connectivity index (χ1n) is 9.19. The Morgan fingerprint density at radius 1 is 1.15 bits per heavy atom. The summed E-state index contributed by atoms with van der Waals surface area (Å²) in [6.45, 7) is 4.93. The van der Waals surface area contributed by atoms with E-state index in [9.17, 15) is 13.2 Å². The van der Waals surface area contributed by atoms with Crippen molar-refractivity contribution in [2.24, 2.45) is 5.92 Å². The Hall–Kier alpha value is -1.72. The zero-order valence-electron chi connectivity index (χ0n) is 15.3. The number of likely N-dealkylation sites (tertiary alicyclic amines) is 1. The third-order valence-electron chi connectivity index (χ3n) is 4.91. The highest BCUT2D eigenvalue weighted by Crippen LogP contribution is 2.31. The van der Waals surface area contributed by atoms with Crippen LogP contribution in [-0.2, 0) is 12.7 Å². The van der Waals surface area contributed by atoms with Crippen LogP contribution in [-0.4, -0.2) is 24.5 Å². The molecular formula is C21H24ClF3N2. The Bertz CT molecular complexity index is 759. The Kier molecular flexibility index (Phi) is 6.33. The van der Waals surface area contributed by atoms with Crippen LogP contribution in [0.2, 0.25) is 5.02 Å². The maximum absolute atomic E-state index is 13.0. The first-order valence-corrected chi connectivity index (χ1v) is 9.57. The molecule has 2 aromatic rings. The lowest BCUT2D eigenvalue weighted by Crippen LogP contribution is -2.37. The Morgan fingerprint density at radius 3 is 2.59 bits per heavy atom. The zero-order valence-corrected chi connectivity index (χ0v) is 16.1. The second kappa shape index (κ2) is 8.53. The molecule has 1 heterocycles.